The number of likely N-dealkylation sites (N-methyl/N-ethyl adjacent to an activating group) is 1. The molecule has 9 heteroatoms. The minimum atomic E-state index is -3.53. The second-order valence-corrected chi connectivity index (χ2v) is 10.8. The standard InChI is InChI=1S/C22H27N3O3S2.ClH/c1-16-8-10-18(11-9-16)30(27,28)15-12-20(26)25(14-13-24(3)4)22-23-21-17(2)6-5-7-19(21)29-22;/h5-11H,12-15H2,1-4H3;1H. The number of benzene rings is 2. The zero-order chi connectivity index (χ0) is 21.9. The van der Waals surface area contributed by atoms with E-state index in [1.54, 1.807) is 29.2 Å². The normalized spacial score (nSPS) is 11.5. The highest BCUT2D eigenvalue weighted by Gasteiger charge is 2.23. The fourth-order valence-corrected chi connectivity index (χ4v) is 5.35. The molecule has 2 aromatic carbocycles. The van der Waals surface area contributed by atoms with Gasteiger partial charge in [-0.3, -0.25) is 9.69 Å². The Balaban J connectivity index is 0.00000341. The molecule has 0 atom stereocenters. The molecule has 0 saturated carbocycles. The summed E-state index contributed by atoms with van der Waals surface area (Å²) in [6.07, 6.45) is -0.0848. The first-order valence-electron chi connectivity index (χ1n) is 9.78. The van der Waals surface area contributed by atoms with E-state index in [4.69, 9.17) is 0 Å². The number of hydrogen-bond acceptors (Lipinski definition) is 6. The smallest absolute Gasteiger partial charge is 0.229 e. The molecule has 0 radical (unpaired) electrons. The summed E-state index contributed by atoms with van der Waals surface area (Å²) in [5.41, 5.74) is 2.93. The summed E-state index contributed by atoms with van der Waals surface area (Å²) >= 11 is 1.46. The molecule has 0 bridgehead atoms. The summed E-state index contributed by atoms with van der Waals surface area (Å²) in [7, 11) is 0.350. The first-order chi connectivity index (χ1) is 14.2. The van der Waals surface area contributed by atoms with Crippen LogP contribution in [0, 0.1) is 13.8 Å². The maximum Gasteiger partial charge on any atom is 0.229 e. The lowest BCUT2D eigenvalue weighted by atomic mass is 10.2. The van der Waals surface area contributed by atoms with Crippen molar-refractivity contribution in [2.75, 3.05) is 37.8 Å². The molecule has 3 rings (SSSR count). The van der Waals surface area contributed by atoms with E-state index in [-0.39, 0.29) is 35.4 Å². The highest BCUT2D eigenvalue weighted by molar-refractivity contribution is 7.91. The van der Waals surface area contributed by atoms with Gasteiger partial charge in [0, 0.05) is 19.5 Å². The van der Waals surface area contributed by atoms with Crippen molar-refractivity contribution < 1.29 is 13.2 Å². The summed E-state index contributed by atoms with van der Waals surface area (Å²) in [6.45, 7) is 5.01. The summed E-state index contributed by atoms with van der Waals surface area (Å²) in [4.78, 5) is 21.6. The number of hydrogen-bond donors (Lipinski definition) is 0. The molecule has 3 aromatic rings. The average molecular weight is 482 g/mol. The van der Waals surface area contributed by atoms with Gasteiger partial charge in [0.2, 0.25) is 5.91 Å². The maximum absolute atomic E-state index is 13.1. The van der Waals surface area contributed by atoms with Crippen molar-refractivity contribution in [2.45, 2.75) is 25.2 Å². The van der Waals surface area contributed by atoms with Crippen LogP contribution in [0.4, 0.5) is 5.13 Å². The summed E-state index contributed by atoms with van der Waals surface area (Å²) in [6, 6.07) is 12.7. The number of halogens is 1. The van der Waals surface area contributed by atoms with E-state index < -0.39 is 9.84 Å². The third-order valence-corrected chi connectivity index (χ3v) is 7.65. The highest BCUT2D eigenvalue weighted by atomic mass is 35.5. The van der Waals surface area contributed by atoms with Crippen LogP contribution in [0.2, 0.25) is 0 Å². The van der Waals surface area contributed by atoms with E-state index in [9.17, 15) is 13.2 Å². The number of nitrogens with zero attached hydrogens (tertiary/aromatic N) is 3. The van der Waals surface area contributed by atoms with Crippen LogP contribution in [-0.4, -0.2) is 57.1 Å². The molecule has 0 N–H and O–H groups in total. The Morgan fingerprint density at radius 2 is 1.71 bits per heavy atom. The van der Waals surface area contributed by atoms with Gasteiger partial charge in [-0.2, -0.15) is 0 Å². The van der Waals surface area contributed by atoms with Gasteiger partial charge in [-0.05, 0) is 51.7 Å². The molecule has 31 heavy (non-hydrogen) atoms. The number of carbonyl (C=O) groups is 1. The molecule has 0 spiro atoms. The summed E-state index contributed by atoms with van der Waals surface area (Å²) in [5, 5.41) is 0.610. The van der Waals surface area contributed by atoms with Crippen LogP contribution in [0.15, 0.2) is 47.4 Å². The number of para-hydroxylation sites is 1. The van der Waals surface area contributed by atoms with Crippen LogP contribution in [0.1, 0.15) is 17.5 Å². The van der Waals surface area contributed by atoms with Gasteiger partial charge in [0.15, 0.2) is 15.0 Å². The lowest BCUT2D eigenvalue weighted by Crippen LogP contribution is -2.37. The zero-order valence-corrected chi connectivity index (χ0v) is 20.6. The molecular formula is C22H28ClN3O3S2. The molecule has 6 nitrogen and oxygen atoms in total. The van der Waals surface area contributed by atoms with E-state index in [1.807, 2.05) is 51.0 Å². The molecule has 1 amide bonds. The SMILES string of the molecule is Cc1ccc(S(=O)(=O)CCC(=O)N(CCN(C)C)c2nc3c(C)cccc3s2)cc1.Cl. The van der Waals surface area contributed by atoms with Crippen molar-refractivity contribution >= 4 is 54.8 Å². The van der Waals surface area contributed by atoms with Gasteiger partial charge in [0.25, 0.3) is 0 Å². The van der Waals surface area contributed by atoms with E-state index in [1.165, 1.54) is 11.3 Å². The molecule has 0 saturated heterocycles. The molecule has 0 aliphatic heterocycles. The van der Waals surface area contributed by atoms with Crippen molar-refractivity contribution in [2.24, 2.45) is 0 Å². The molecule has 0 aliphatic rings. The predicted octanol–water partition coefficient (Wildman–Crippen LogP) is 4.09. The summed E-state index contributed by atoms with van der Waals surface area (Å²) < 4.78 is 26.3. The van der Waals surface area contributed by atoms with Crippen molar-refractivity contribution in [1.82, 2.24) is 9.88 Å². The first kappa shape index (κ1) is 25.3. The van der Waals surface area contributed by atoms with E-state index in [2.05, 4.69) is 4.98 Å². The maximum atomic E-state index is 13.1. The number of aryl methyl sites for hydroxylation is 2. The Morgan fingerprint density at radius 1 is 1.03 bits per heavy atom. The molecule has 1 heterocycles. The quantitative estimate of drug-likeness (QED) is 0.484. The van der Waals surface area contributed by atoms with Crippen LogP contribution in [0.3, 0.4) is 0 Å². The van der Waals surface area contributed by atoms with E-state index in [0.29, 0.717) is 18.2 Å². The van der Waals surface area contributed by atoms with Gasteiger partial charge >= 0.3 is 0 Å². The largest absolute Gasteiger partial charge is 0.308 e. The molecular weight excluding hydrogens is 454 g/mol. The highest BCUT2D eigenvalue weighted by Crippen LogP contribution is 2.31. The molecule has 168 valence electrons. The molecule has 0 unspecified atom stereocenters. The van der Waals surface area contributed by atoms with Gasteiger partial charge < -0.3 is 4.90 Å². The van der Waals surface area contributed by atoms with Crippen molar-refractivity contribution in [3.63, 3.8) is 0 Å². The number of amides is 1. The van der Waals surface area contributed by atoms with Crippen LogP contribution in [-0.2, 0) is 14.6 Å². The molecule has 1 aromatic heterocycles. The monoisotopic (exact) mass is 481 g/mol. The first-order valence-corrected chi connectivity index (χ1v) is 12.2. The lowest BCUT2D eigenvalue weighted by Gasteiger charge is -2.22. The number of fused-ring (bicyclic) bond motifs is 1. The topological polar surface area (TPSA) is 70.6 Å². The second kappa shape index (κ2) is 10.5. The van der Waals surface area contributed by atoms with Crippen molar-refractivity contribution in [3.05, 3.63) is 53.6 Å². The Kier molecular flexibility index (Phi) is 8.59. The van der Waals surface area contributed by atoms with Crippen LogP contribution >= 0.6 is 23.7 Å². The zero-order valence-electron chi connectivity index (χ0n) is 18.2. The minimum absolute atomic E-state index is 0. The second-order valence-electron chi connectivity index (χ2n) is 7.65. The molecule has 0 fully saturated rings. The predicted molar refractivity (Wildman–Crippen MR) is 130 cm³/mol. The average Bonchev–Trinajstić information content (AvgIpc) is 3.12. The van der Waals surface area contributed by atoms with E-state index >= 15 is 0 Å². The summed E-state index contributed by atoms with van der Waals surface area (Å²) in [5.74, 6) is -0.457. The number of anilines is 1. The van der Waals surface area contributed by atoms with Gasteiger partial charge in [0.05, 0.1) is 20.9 Å². The van der Waals surface area contributed by atoms with Crippen LogP contribution < -0.4 is 4.90 Å². The minimum Gasteiger partial charge on any atom is -0.308 e. The number of aromatic nitrogens is 1. The van der Waals surface area contributed by atoms with Crippen molar-refractivity contribution in [1.29, 1.82) is 0 Å². The van der Waals surface area contributed by atoms with Gasteiger partial charge in [-0.1, -0.05) is 41.2 Å². The van der Waals surface area contributed by atoms with Gasteiger partial charge in [0.1, 0.15) is 0 Å². The van der Waals surface area contributed by atoms with Crippen LogP contribution in [0.5, 0.6) is 0 Å². The number of sulfone groups is 1. The van der Waals surface area contributed by atoms with Crippen LogP contribution in [0.25, 0.3) is 10.2 Å². The Bertz CT molecular complexity index is 1140. The fourth-order valence-electron chi connectivity index (χ4n) is 3.04. The number of carbonyl (C=O) groups excluding carboxylic acids is 1. The Hall–Kier alpha value is -2.00. The third-order valence-electron chi connectivity index (χ3n) is 4.88. The lowest BCUT2D eigenvalue weighted by molar-refractivity contribution is -0.118. The Morgan fingerprint density at radius 3 is 2.32 bits per heavy atom. The molecule has 0 aliphatic carbocycles. The van der Waals surface area contributed by atoms with Gasteiger partial charge in [-0.15, -0.1) is 12.4 Å². The number of rotatable bonds is 8. The Labute approximate surface area is 194 Å². The van der Waals surface area contributed by atoms with E-state index in [0.717, 1.165) is 21.3 Å². The van der Waals surface area contributed by atoms with Gasteiger partial charge in [-0.25, -0.2) is 13.4 Å². The van der Waals surface area contributed by atoms with Crippen molar-refractivity contribution in [3.8, 4) is 0 Å². The number of thiazole rings is 1. The third kappa shape index (κ3) is 6.26. The fraction of sp³-hybridized carbons (Fsp3) is 0.364.